The number of hydrogen-bond acceptors (Lipinski definition) is 5. The van der Waals surface area contributed by atoms with Crippen LogP contribution in [0, 0.1) is 6.92 Å². The highest BCUT2D eigenvalue weighted by atomic mass is 16.5. The van der Waals surface area contributed by atoms with E-state index in [9.17, 15) is 0 Å². The first-order valence-corrected chi connectivity index (χ1v) is 7.69. The highest BCUT2D eigenvalue weighted by Crippen LogP contribution is 2.32. The summed E-state index contributed by atoms with van der Waals surface area (Å²) in [6.45, 7) is 3.13. The van der Waals surface area contributed by atoms with Gasteiger partial charge in [-0.15, -0.1) is 10.2 Å². The number of hydrogen-bond donors (Lipinski definition) is 1. The van der Waals surface area contributed by atoms with Crippen molar-refractivity contribution in [2.45, 2.75) is 20.1 Å². The van der Waals surface area contributed by atoms with Crippen LogP contribution in [0.4, 0.5) is 0 Å². The maximum absolute atomic E-state index is 6.06. The van der Waals surface area contributed by atoms with Gasteiger partial charge < -0.3 is 14.9 Å². The van der Waals surface area contributed by atoms with Gasteiger partial charge in [0.15, 0.2) is 11.5 Å². The summed E-state index contributed by atoms with van der Waals surface area (Å²) >= 11 is 0. The molecule has 0 atom stereocenters. The molecule has 2 aromatic carbocycles. The summed E-state index contributed by atoms with van der Waals surface area (Å²) in [7, 11) is 1.64. The Labute approximate surface area is 141 Å². The molecule has 0 spiro atoms. The van der Waals surface area contributed by atoms with Crippen LogP contribution in [-0.4, -0.2) is 22.0 Å². The van der Waals surface area contributed by atoms with Crippen molar-refractivity contribution in [2.75, 3.05) is 12.5 Å². The molecule has 0 radical (unpaired) electrons. The summed E-state index contributed by atoms with van der Waals surface area (Å²) < 4.78 is 13.2. The molecule has 3 rings (SSSR count). The third kappa shape index (κ3) is 3.84. The van der Waals surface area contributed by atoms with Crippen molar-refractivity contribution in [3.63, 3.8) is 0 Å². The summed E-state index contributed by atoms with van der Waals surface area (Å²) in [4.78, 5) is 0. The third-order valence-electron chi connectivity index (χ3n) is 3.62. The minimum Gasteiger partial charge on any atom is -0.493 e. The number of ether oxygens (including phenoxy) is 2. The number of nitrogens with one attached hydrogen (secondary N) is 1. The van der Waals surface area contributed by atoms with Gasteiger partial charge in [-0.05, 0) is 18.6 Å². The fourth-order valence-electron chi connectivity index (χ4n) is 2.44. The Morgan fingerprint density at radius 2 is 1.88 bits per heavy atom. The third-order valence-corrected chi connectivity index (χ3v) is 3.62. The Morgan fingerprint density at radius 1 is 1.08 bits per heavy atom. The second-order valence-corrected chi connectivity index (χ2v) is 5.43. The second-order valence-electron chi connectivity index (χ2n) is 5.43. The minimum atomic E-state index is 0.488. The molecular formula is C18H20N4O2. The number of methoxy groups -OCH3 is 1. The first-order chi connectivity index (χ1) is 11.8. The zero-order valence-corrected chi connectivity index (χ0v) is 13.8. The van der Waals surface area contributed by atoms with Gasteiger partial charge in [0.05, 0.1) is 13.7 Å². The van der Waals surface area contributed by atoms with Crippen molar-refractivity contribution in [1.29, 1.82) is 0 Å². The standard InChI is InChI=1S/C18H20N4O2/c1-14-5-3-6-15(9-14)11-24-18-16(7-4-8-17(18)23-2)10-21-22-12-19-20-13-22/h3-9,12-13,21H,10-11H2,1-2H3. The highest BCUT2D eigenvalue weighted by Gasteiger charge is 2.11. The number of rotatable bonds is 7. The second kappa shape index (κ2) is 7.50. The smallest absolute Gasteiger partial charge is 0.166 e. The van der Waals surface area contributed by atoms with Crippen LogP contribution < -0.4 is 14.9 Å². The molecule has 0 saturated carbocycles. The van der Waals surface area contributed by atoms with E-state index in [1.54, 1.807) is 24.4 Å². The van der Waals surface area contributed by atoms with E-state index >= 15 is 0 Å². The fraction of sp³-hybridized carbons (Fsp3) is 0.222. The van der Waals surface area contributed by atoms with Gasteiger partial charge in [0.25, 0.3) is 0 Å². The van der Waals surface area contributed by atoms with Crippen molar-refractivity contribution in [3.05, 3.63) is 71.8 Å². The fourth-order valence-corrected chi connectivity index (χ4v) is 2.44. The molecule has 0 aliphatic heterocycles. The van der Waals surface area contributed by atoms with Crippen LogP contribution in [0.3, 0.4) is 0 Å². The molecular weight excluding hydrogens is 304 g/mol. The van der Waals surface area contributed by atoms with Crippen LogP contribution in [0.1, 0.15) is 16.7 Å². The SMILES string of the molecule is COc1cccc(CNn2cnnc2)c1OCc1cccc(C)c1. The minimum absolute atomic E-state index is 0.488. The van der Waals surface area contributed by atoms with Crippen LogP contribution in [-0.2, 0) is 13.2 Å². The zero-order chi connectivity index (χ0) is 16.8. The molecule has 0 fully saturated rings. The van der Waals surface area contributed by atoms with Gasteiger partial charge in [0, 0.05) is 5.56 Å². The van der Waals surface area contributed by atoms with E-state index < -0.39 is 0 Å². The van der Waals surface area contributed by atoms with Gasteiger partial charge >= 0.3 is 0 Å². The van der Waals surface area contributed by atoms with Crippen LogP contribution >= 0.6 is 0 Å². The first-order valence-electron chi connectivity index (χ1n) is 7.69. The topological polar surface area (TPSA) is 61.2 Å². The predicted octanol–water partition coefficient (Wildman–Crippen LogP) is 2.92. The molecule has 1 aromatic heterocycles. The van der Waals surface area contributed by atoms with E-state index in [1.165, 1.54) is 5.56 Å². The lowest BCUT2D eigenvalue weighted by Crippen LogP contribution is -2.13. The highest BCUT2D eigenvalue weighted by molar-refractivity contribution is 5.47. The van der Waals surface area contributed by atoms with E-state index in [2.05, 4.69) is 40.7 Å². The summed E-state index contributed by atoms with van der Waals surface area (Å²) in [6, 6.07) is 14.1. The maximum Gasteiger partial charge on any atom is 0.166 e. The van der Waals surface area contributed by atoms with Gasteiger partial charge in [-0.25, -0.2) is 4.68 Å². The van der Waals surface area contributed by atoms with Crippen molar-refractivity contribution in [1.82, 2.24) is 14.9 Å². The summed E-state index contributed by atoms with van der Waals surface area (Å²) in [6.07, 6.45) is 3.21. The van der Waals surface area contributed by atoms with Crippen LogP contribution in [0.15, 0.2) is 55.1 Å². The Kier molecular flexibility index (Phi) is 4.96. The Balaban J connectivity index is 1.76. The average Bonchev–Trinajstić information content (AvgIpc) is 3.12. The zero-order valence-electron chi connectivity index (χ0n) is 13.8. The molecule has 0 unspecified atom stereocenters. The van der Waals surface area contributed by atoms with Crippen molar-refractivity contribution in [3.8, 4) is 11.5 Å². The molecule has 0 aliphatic carbocycles. The lowest BCUT2D eigenvalue weighted by molar-refractivity contribution is 0.281. The molecule has 0 amide bonds. The Bertz CT molecular complexity index is 787. The van der Waals surface area contributed by atoms with Crippen LogP contribution in [0.5, 0.6) is 11.5 Å². The Morgan fingerprint density at radius 3 is 2.62 bits per heavy atom. The van der Waals surface area contributed by atoms with E-state index in [0.717, 1.165) is 16.9 Å². The van der Waals surface area contributed by atoms with Crippen molar-refractivity contribution >= 4 is 0 Å². The summed E-state index contributed by atoms with van der Waals surface area (Å²) in [5, 5.41) is 7.54. The quantitative estimate of drug-likeness (QED) is 0.724. The number of aromatic nitrogens is 3. The lowest BCUT2D eigenvalue weighted by Gasteiger charge is -2.16. The molecule has 0 saturated heterocycles. The number of benzene rings is 2. The molecule has 6 heteroatoms. The predicted molar refractivity (Wildman–Crippen MR) is 91.6 cm³/mol. The largest absolute Gasteiger partial charge is 0.493 e. The van der Waals surface area contributed by atoms with Gasteiger partial charge in [-0.2, -0.15) is 0 Å². The van der Waals surface area contributed by atoms with E-state index in [4.69, 9.17) is 9.47 Å². The van der Waals surface area contributed by atoms with Gasteiger partial charge in [0.2, 0.25) is 0 Å². The number of aryl methyl sites for hydroxylation is 1. The monoisotopic (exact) mass is 324 g/mol. The molecule has 1 N–H and O–H groups in total. The van der Waals surface area contributed by atoms with E-state index in [0.29, 0.717) is 18.9 Å². The number of nitrogens with zero attached hydrogens (tertiary/aromatic N) is 3. The van der Waals surface area contributed by atoms with Crippen LogP contribution in [0.25, 0.3) is 0 Å². The van der Waals surface area contributed by atoms with Gasteiger partial charge in [-0.1, -0.05) is 42.0 Å². The molecule has 1 heterocycles. The normalized spacial score (nSPS) is 10.4. The van der Waals surface area contributed by atoms with Gasteiger partial charge in [0.1, 0.15) is 19.3 Å². The van der Waals surface area contributed by atoms with E-state index in [-0.39, 0.29) is 0 Å². The molecule has 0 aliphatic rings. The van der Waals surface area contributed by atoms with Crippen molar-refractivity contribution < 1.29 is 9.47 Å². The van der Waals surface area contributed by atoms with Gasteiger partial charge in [-0.3, -0.25) is 0 Å². The van der Waals surface area contributed by atoms with Crippen molar-refractivity contribution in [2.24, 2.45) is 0 Å². The summed E-state index contributed by atoms with van der Waals surface area (Å²) in [5.74, 6) is 1.45. The van der Waals surface area contributed by atoms with Crippen LogP contribution in [0.2, 0.25) is 0 Å². The molecule has 124 valence electrons. The Hall–Kier alpha value is -3.02. The molecule has 0 bridgehead atoms. The average molecular weight is 324 g/mol. The molecule has 6 nitrogen and oxygen atoms in total. The lowest BCUT2D eigenvalue weighted by atomic mass is 10.1. The van der Waals surface area contributed by atoms with E-state index in [1.807, 2.05) is 24.3 Å². The first kappa shape index (κ1) is 15.9. The number of para-hydroxylation sites is 1. The molecule has 24 heavy (non-hydrogen) atoms. The summed E-state index contributed by atoms with van der Waals surface area (Å²) in [5.41, 5.74) is 6.53. The maximum atomic E-state index is 6.06. The molecule has 3 aromatic rings.